The maximum Gasteiger partial charge on any atom is 0.296 e. The van der Waals surface area contributed by atoms with Crippen LogP contribution in [0.4, 0.5) is 5.82 Å². The molecule has 0 saturated carbocycles. The standard InChI is InChI=1S/C28H19ClN2O5/c1-16-12-23(30-36-16)31-25(18-8-5-9-20(13-18)34-15-17-6-3-2-4-7-17)24-26(32)21-14-19(29)10-11-22(21)35-27(24)28(31)33/h2-14,25H,15H2,1H3/t25-/m1/s1. The Bertz CT molecular complexity index is 1680. The van der Waals surface area contributed by atoms with Gasteiger partial charge in [-0.3, -0.25) is 14.5 Å². The first kappa shape index (κ1) is 22.1. The monoisotopic (exact) mass is 498 g/mol. The molecule has 0 unspecified atom stereocenters. The van der Waals surface area contributed by atoms with E-state index in [0.717, 1.165) is 5.56 Å². The van der Waals surface area contributed by atoms with Crippen molar-refractivity contribution in [3.63, 3.8) is 0 Å². The smallest absolute Gasteiger partial charge is 0.296 e. The molecule has 3 aromatic carbocycles. The summed E-state index contributed by atoms with van der Waals surface area (Å²) in [6, 6.07) is 22.7. The minimum atomic E-state index is -0.795. The number of aryl methyl sites for hydroxylation is 1. The summed E-state index contributed by atoms with van der Waals surface area (Å²) in [5, 5.41) is 4.75. The number of rotatable bonds is 5. The summed E-state index contributed by atoms with van der Waals surface area (Å²) in [6.45, 7) is 2.11. The summed E-state index contributed by atoms with van der Waals surface area (Å²) < 4.78 is 17.2. The van der Waals surface area contributed by atoms with Gasteiger partial charge in [-0.25, -0.2) is 0 Å². The van der Waals surface area contributed by atoms with E-state index in [4.69, 9.17) is 25.3 Å². The van der Waals surface area contributed by atoms with Crippen LogP contribution in [0.1, 0.15) is 39.0 Å². The fourth-order valence-electron chi connectivity index (χ4n) is 4.48. The molecule has 8 heteroatoms. The summed E-state index contributed by atoms with van der Waals surface area (Å²) in [5.41, 5.74) is 1.87. The number of nitrogens with zero attached hydrogens (tertiary/aromatic N) is 2. The number of anilines is 1. The number of hydrogen-bond acceptors (Lipinski definition) is 6. The van der Waals surface area contributed by atoms with E-state index in [1.807, 2.05) is 54.6 Å². The van der Waals surface area contributed by atoms with Gasteiger partial charge in [-0.15, -0.1) is 0 Å². The Morgan fingerprint density at radius 3 is 2.61 bits per heavy atom. The van der Waals surface area contributed by atoms with Gasteiger partial charge in [0, 0.05) is 11.1 Å². The summed E-state index contributed by atoms with van der Waals surface area (Å²) in [7, 11) is 0. The molecule has 0 N–H and O–H groups in total. The van der Waals surface area contributed by atoms with Crippen LogP contribution in [0.15, 0.2) is 92.6 Å². The number of ether oxygens (including phenoxy) is 1. The SMILES string of the molecule is Cc1cc(N2C(=O)c3oc4ccc(Cl)cc4c(=O)c3[C@H]2c2cccc(OCc3ccccc3)c2)no1. The summed E-state index contributed by atoms with van der Waals surface area (Å²) in [5.74, 6) is 0.903. The summed E-state index contributed by atoms with van der Waals surface area (Å²) >= 11 is 6.16. The zero-order valence-corrected chi connectivity index (χ0v) is 19.9. The Morgan fingerprint density at radius 1 is 1.00 bits per heavy atom. The fraction of sp³-hybridized carbons (Fsp3) is 0.107. The van der Waals surface area contributed by atoms with Crippen LogP contribution < -0.4 is 15.1 Å². The van der Waals surface area contributed by atoms with Gasteiger partial charge in [0.05, 0.1) is 17.0 Å². The van der Waals surface area contributed by atoms with Gasteiger partial charge in [0.2, 0.25) is 5.76 Å². The molecule has 5 aromatic rings. The lowest BCUT2D eigenvalue weighted by Gasteiger charge is -2.22. The van der Waals surface area contributed by atoms with E-state index in [0.29, 0.717) is 34.1 Å². The maximum atomic E-state index is 13.7. The average Bonchev–Trinajstić information content (AvgIpc) is 3.45. The third-order valence-electron chi connectivity index (χ3n) is 6.12. The molecule has 3 heterocycles. The highest BCUT2D eigenvalue weighted by Gasteiger charge is 2.45. The van der Waals surface area contributed by atoms with E-state index in [1.54, 1.807) is 31.2 Å². The van der Waals surface area contributed by atoms with Crippen LogP contribution in [-0.4, -0.2) is 11.1 Å². The van der Waals surface area contributed by atoms with Gasteiger partial charge in [0.1, 0.15) is 23.7 Å². The highest BCUT2D eigenvalue weighted by Crippen LogP contribution is 2.41. The molecule has 1 aliphatic heterocycles. The summed E-state index contributed by atoms with van der Waals surface area (Å²) in [6.07, 6.45) is 0. The van der Waals surface area contributed by atoms with E-state index in [2.05, 4.69) is 5.16 Å². The molecule has 0 saturated heterocycles. The van der Waals surface area contributed by atoms with E-state index in [-0.39, 0.29) is 28.2 Å². The molecule has 1 amide bonds. The highest BCUT2D eigenvalue weighted by atomic mass is 35.5. The van der Waals surface area contributed by atoms with E-state index < -0.39 is 11.9 Å². The van der Waals surface area contributed by atoms with Gasteiger partial charge < -0.3 is 13.7 Å². The molecule has 36 heavy (non-hydrogen) atoms. The normalized spacial score (nSPS) is 14.9. The lowest BCUT2D eigenvalue weighted by molar-refractivity contribution is 0.0969. The molecule has 178 valence electrons. The fourth-order valence-corrected chi connectivity index (χ4v) is 4.65. The molecule has 0 fully saturated rings. The Morgan fingerprint density at radius 2 is 1.83 bits per heavy atom. The number of carbonyl (C=O) groups excluding carboxylic acids is 1. The zero-order valence-electron chi connectivity index (χ0n) is 19.1. The Labute approximate surface area is 210 Å². The minimum Gasteiger partial charge on any atom is -0.489 e. The molecule has 0 radical (unpaired) electrons. The summed E-state index contributed by atoms with van der Waals surface area (Å²) in [4.78, 5) is 28.7. The molecular weight excluding hydrogens is 480 g/mol. The molecule has 1 atom stereocenters. The molecular formula is C28H19ClN2O5. The van der Waals surface area contributed by atoms with Crippen LogP contribution >= 0.6 is 11.6 Å². The first-order valence-electron chi connectivity index (χ1n) is 11.3. The van der Waals surface area contributed by atoms with Gasteiger partial charge >= 0.3 is 0 Å². The first-order chi connectivity index (χ1) is 17.5. The van der Waals surface area contributed by atoms with Crippen molar-refractivity contribution in [2.45, 2.75) is 19.6 Å². The number of amides is 1. The molecule has 0 spiro atoms. The molecule has 1 aliphatic rings. The highest BCUT2D eigenvalue weighted by molar-refractivity contribution is 6.31. The molecule has 2 aromatic heterocycles. The first-order valence-corrected chi connectivity index (χ1v) is 11.7. The van der Waals surface area contributed by atoms with Crippen molar-refractivity contribution in [1.82, 2.24) is 5.16 Å². The zero-order chi connectivity index (χ0) is 24.8. The largest absolute Gasteiger partial charge is 0.489 e. The number of hydrogen-bond donors (Lipinski definition) is 0. The van der Waals surface area contributed by atoms with E-state index >= 15 is 0 Å². The van der Waals surface area contributed by atoms with Crippen molar-refractivity contribution in [2.24, 2.45) is 0 Å². The number of carbonyl (C=O) groups is 1. The van der Waals surface area contributed by atoms with Crippen LogP contribution in [0.2, 0.25) is 5.02 Å². The van der Waals surface area contributed by atoms with Gasteiger partial charge in [-0.1, -0.05) is 59.2 Å². The predicted molar refractivity (Wildman–Crippen MR) is 135 cm³/mol. The van der Waals surface area contributed by atoms with Crippen LogP contribution in [0.25, 0.3) is 11.0 Å². The second kappa shape index (κ2) is 8.70. The van der Waals surface area contributed by atoms with Gasteiger partial charge in [-0.2, -0.15) is 0 Å². The molecule has 7 nitrogen and oxygen atoms in total. The second-order valence-electron chi connectivity index (χ2n) is 8.53. The van der Waals surface area contributed by atoms with E-state index in [1.165, 1.54) is 4.90 Å². The predicted octanol–water partition coefficient (Wildman–Crippen LogP) is 6.07. The quantitative estimate of drug-likeness (QED) is 0.292. The van der Waals surface area contributed by atoms with Gasteiger partial charge in [-0.05, 0) is 48.4 Å². The number of halogens is 1. The number of fused-ring (bicyclic) bond motifs is 2. The molecule has 0 bridgehead atoms. The lowest BCUT2D eigenvalue weighted by Crippen LogP contribution is -2.29. The average molecular weight is 499 g/mol. The topological polar surface area (TPSA) is 85.8 Å². The van der Waals surface area contributed by atoms with Crippen LogP contribution in [0, 0.1) is 6.92 Å². The molecule has 0 aliphatic carbocycles. The van der Waals surface area contributed by atoms with Gasteiger partial charge in [0.15, 0.2) is 11.2 Å². The number of aromatic nitrogens is 1. The maximum absolute atomic E-state index is 13.7. The third kappa shape index (κ3) is 3.74. The second-order valence-corrected chi connectivity index (χ2v) is 8.97. The lowest BCUT2D eigenvalue weighted by atomic mass is 9.98. The molecule has 6 rings (SSSR count). The van der Waals surface area contributed by atoms with E-state index in [9.17, 15) is 9.59 Å². The van der Waals surface area contributed by atoms with Crippen molar-refractivity contribution in [3.8, 4) is 5.75 Å². The van der Waals surface area contributed by atoms with Crippen LogP contribution in [0.3, 0.4) is 0 Å². The van der Waals surface area contributed by atoms with Crippen molar-refractivity contribution in [3.05, 3.63) is 122 Å². The van der Waals surface area contributed by atoms with Crippen molar-refractivity contribution < 1.29 is 18.5 Å². The minimum absolute atomic E-state index is 0.0314. The van der Waals surface area contributed by atoms with Crippen molar-refractivity contribution in [1.29, 1.82) is 0 Å². The van der Waals surface area contributed by atoms with Crippen LogP contribution in [0.5, 0.6) is 5.75 Å². The Kier molecular flexibility index (Phi) is 5.34. The van der Waals surface area contributed by atoms with Crippen molar-refractivity contribution >= 4 is 34.3 Å². The van der Waals surface area contributed by atoms with Gasteiger partial charge in [0.25, 0.3) is 5.91 Å². The third-order valence-corrected chi connectivity index (χ3v) is 6.35. The Balaban J connectivity index is 1.49. The van der Waals surface area contributed by atoms with Crippen molar-refractivity contribution in [2.75, 3.05) is 4.90 Å². The van der Waals surface area contributed by atoms with Crippen LogP contribution in [-0.2, 0) is 6.61 Å². The number of benzene rings is 3. The Hall–Kier alpha value is -4.36.